The highest BCUT2D eigenvalue weighted by atomic mass is 19.4. The molecule has 1 heterocycles. The van der Waals surface area contributed by atoms with E-state index < -0.39 is 36.3 Å². The van der Waals surface area contributed by atoms with Crippen molar-refractivity contribution >= 4 is 24.2 Å². The maximum atomic E-state index is 12.9. The van der Waals surface area contributed by atoms with Crippen molar-refractivity contribution in [3.63, 3.8) is 0 Å². The third kappa shape index (κ3) is 4.05. The normalized spacial score (nSPS) is 11.2. The van der Waals surface area contributed by atoms with E-state index in [9.17, 15) is 22.4 Å². The number of nitrogens with one attached hydrogen (secondary N) is 1. The van der Waals surface area contributed by atoms with Gasteiger partial charge in [0.1, 0.15) is 5.82 Å². The Morgan fingerprint density at radius 3 is 2.30 bits per heavy atom. The molecule has 0 fully saturated rings. The zero-order valence-corrected chi connectivity index (χ0v) is 11.3. The number of anilines is 1. The minimum absolute atomic E-state index is 0.0690. The van der Waals surface area contributed by atoms with Gasteiger partial charge in [-0.2, -0.15) is 13.2 Å². The Balaban J connectivity index is 2.40. The molecule has 1 amide bonds. The van der Waals surface area contributed by atoms with Gasteiger partial charge in [-0.3, -0.25) is 9.78 Å². The third-order valence-electron chi connectivity index (χ3n) is 2.82. The average Bonchev–Trinajstić information content (AvgIpc) is 2.48. The summed E-state index contributed by atoms with van der Waals surface area (Å²) in [6.45, 7) is 0. The largest absolute Gasteiger partial charge is 0.490 e. The number of benzene rings is 1. The smallest absolute Gasteiger partial charge is 0.423 e. The molecule has 1 aromatic heterocycles. The van der Waals surface area contributed by atoms with Crippen LogP contribution in [0.25, 0.3) is 0 Å². The first kappa shape index (κ1) is 16.9. The number of pyridine rings is 1. The molecule has 1 aromatic carbocycles. The van der Waals surface area contributed by atoms with Crippen LogP contribution in [0, 0.1) is 5.82 Å². The van der Waals surface area contributed by atoms with Gasteiger partial charge in [0, 0.05) is 17.3 Å². The van der Waals surface area contributed by atoms with Crippen molar-refractivity contribution in [3.8, 4) is 0 Å². The standard InChI is InChI=1S/C13H9BF4N2O3/c15-8-1-3-9(4-2-8)20-12(21)10-5-7(14(22)23)6-19-11(10)13(16,17)18/h1-6,22-23H,(H,20,21). The summed E-state index contributed by atoms with van der Waals surface area (Å²) in [5, 5.41) is 20.2. The van der Waals surface area contributed by atoms with E-state index in [4.69, 9.17) is 10.0 Å². The van der Waals surface area contributed by atoms with E-state index in [1.54, 1.807) is 0 Å². The minimum Gasteiger partial charge on any atom is -0.423 e. The summed E-state index contributed by atoms with van der Waals surface area (Å²) in [7, 11) is -2.08. The summed E-state index contributed by atoms with van der Waals surface area (Å²) in [4.78, 5) is 15.1. The van der Waals surface area contributed by atoms with Gasteiger partial charge in [0.05, 0.1) is 5.56 Å². The maximum absolute atomic E-state index is 12.9. The van der Waals surface area contributed by atoms with Crippen LogP contribution in [-0.4, -0.2) is 28.1 Å². The molecule has 0 atom stereocenters. The van der Waals surface area contributed by atoms with Crippen LogP contribution < -0.4 is 10.8 Å². The van der Waals surface area contributed by atoms with Crippen molar-refractivity contribution in [1.82, 2.24) is 4.98 Å². The number of aromatic nitrogens is 1. The molecule has 0 saturated carbocycles. The van der Waals surface area contributed by atoms with Crippen LogP contribution >= 0.6 is 0 Å². The van der Waals surface area contributed by atoms with Crippen molar-refractivity contribution in [2.75, 3.05) is 5.32 Å². The molecule has 3 N–H and O–H groups in total. The molecule has 0 radical (unpaired) electrons. The molecule has 5 nitrogen and oxygen atoms in total. The average molecular weight is 328 g/mol. The van der Waals surface area contributed by atoms with E-state index in [-0.39, 0.29) is 11.2 Å². The van der Waals surface area contributed by atoms with Crippen LogP contribution in [0.5, 0.6) is 0 Å². The number of carbonyl (C=O) groups excluding carboxylic acids is 1. The van der Waals surface area contributed by atoms with Crippen LogP contribution in [-0.2, 0) is 6.18 Å². The number of hydrogen-bond donors (Lipinski definition) is 3. The number of rotatable bonds is 3. The van der Waals surface area contributed by atoms with Gasteiger partial charge in [0.15, 0.2) is 5.69 Å². The summed E-state index contributed by atoms with van der Waals surface area (Å²) in [6.07, 6.45) is -4.30. The van der Waals surface area contributed by atoms with E-state index in [1.807, 2.05) is 0 Å². The molecule has 0 aliphatic rings. The summed E-state index contributed by atoms with van der Waals surface area (Å²) in [5.41, 5.74) is -2.66. The second kappa shape index (κ2) is 6.35. The lowest BCUT2D eigenvalue weighted by Crippen LogP contribution is -2.33. The van der Waals surface area contributed by atoms with E-state index in [0.29, 0.717) is 12.3 Å². The maximum Gasteiger partial charge on any atom is 0.490 e. The fourth-order valence-corrected chi connectivity index (χ4v) is 1.75. The number of amides is 1. The van der Waals surface area contributed by atoms with Gasteiger partial charge in [-0.1, -0.05) is 0 Å². The number of nitrogens with zero attached hydrogens (tertiary/aromatic N) is 1. The van der Waals surface area contributed by atoms with E-state index >= 15 is 0 Å². The van der Waals surface area contributed by atoms with Crippen LogP contribution in [0.1, 0.15) is 16.1 Å². The molecule has 120 valence electrons. The van der Waals surface area contributed by atoms with Gasteiger partial charge in [-0.25, -0.2) is 4.39 Å². The monoisotopic (exact) mass is 328 g/mol. The summed E-state index contributed by atoms with van der Waals surface area (Å²) in [5.74, 6) is -1.75. The molecule has 0 saturated heterocycles. The van der Waals surface area contributed by atoms with Gasteiger partial charge >= 0.3 is 13.3 Å². The van der Waals surface area contributed by atoms with Gasteiger partial charge < -0.3 is 15.4 Å². The van der Waals surface area contributed by atoms with Gasteiger partial charge in [-0.15, -0.1) is 0 Å². The Hall–Kier alpha value is -2.46. The zero-order valence-electron chi connectivity index (χ0n) is 11.3. The fraction of sp³-hybridized carbons (Fsp3) is 0.0769. The topological polar surface area (TPSA) is 82.5 Å². The Labute approximate surface area is 127 Å². The number of hydrogen-bond acceptors (Lipinski definition) is 4. The number of carbonyl (C=O) groups is 1. The lowest BCUT2D eigenvalue weighted by molar-refractivity contribution is -0.141. The predicted octanol–water partition coefficient (Wildman–Crippen LogP) is 1.17. The molecule has 0 unspecified atom stereocenters. The van der Waals surface area contributed by atoms with E-state index in [0.717, 1.165) is 12.1 Å². The van der Waals surface area contributed by atoms with Crippen molar-refractivity contribution < 1.29 is 32.4 Å². The molecule has 0 aliphatic carbocycles. The minimum atomic E-state index is -4.91. The fourth-order valence-electron chi connectivity index (χ4n) is 1.75. The lowest BCUT2D eigenvalue weighted by Gasteiger charge is -2.13. The first-order valence-electron chi connectivity index (χ1n) is 6.18. The SMILES string of the molecule is O=C(Nc1ccc(F)cc1)c1cc(B(O)O)cnc1C(F)(F)F. The second-order valence-corrected chi connectivity index (χ2v) is 4.50. The molecule has 10 heteroatoms. The summed E-state index contributed by atoms with van der Waals surface area (Å²) in [6, 6.07) is 5.05. The first-order chi connectivity index (χ1) is 10.7. The van der Waals surface area contributed by atoms with Crippen molar-refractivity contribution in [1.29, 1.82) is 0 Å². The highest BCUT2D eigenvalue weighted by Crippen LogP contribution is 2.30. The molecule has 0 aliphatic heterocycles. The van der Waals surface area contributed by atoms with Crippen molar-refractivity contribution in [2.45, 2.75) is 6.18 Å². The molecule has 2 rings (SSSR count). The highest BCUT2D eigenvalue weighted by Gasteiger charge is 2.38. The number of alkyl halides is 3. The van der Waals surface area contributed by atoms with Crippen LogP contribution in [0.3, 0.4) is 0 Å². The Bertz CT molecular complexity index is 720. The molecule has 2 aromatic rings. The number of halogens is 4. The molecule has 0 spiro atoms. The Kier molecular flexibility index (Phi) is 4.67. The Morgan fingerprint density at radius 2 is 1.78 bits per heavy atom. The van der Waals surface area contributed by atoms with Gasteiger partial charge in [0.2, 0.25) is 0 Å². The van der Waals surface area contributed by atoms with Crippen LogP contribution in [0.2, 0.25) is 0 Å². The molecular weight excluding hydrogens is 319 g/mol. The van der Waals surface area contributed by atoms with E-state index in [1.165, 1.54) is 12.1 Å². The molecule has 0 bridgehead atoms. The highest BCUT2D eigenvalue weighted by molar-refractivity contribution is 6.58. The third-order valence-corrected chi connectivity index (χ3v) is 2.82. The zero-order chi connectivity index (χ0) is 17.2. The predicted molar refractivity (Wildman–Crippen MR) is 73.4 cm³/mol. The van der Waals surface area contributed by atoms with Crippen molar-refractivity contribution in [3.05, 3.63) is 53.6 Å². The molecule has 23 heavy (non-hydrogen) atoms. The van der Waals surface area contributed by atoms with Gasteiger partial charge in [0.25, 0.3) is 5.91 Å². The quantitative estimate of drug-likeness (QED) is 0.584. The van der Waals surface area contributed by atoms with E-state index in [2.05, 4.69) is 10.3 Å². The molecular formula is C13H9BF4N2O3. The second-order valence-electron chi connectivity index (χ2n) is 4.50. The van der Waals surface area contributed by atoms with Gasteiger partial charge in [-0.05, 0) is 30.3 Å². The van der Waals surface area contributed by atoms with Crippen LogP contribution in [0.15, 0.2) is 36.5 Å². The lowest BCUT2D eigenvalue weighted by atomic mass is 9.80. The Morgan fingerprint density at radius 1 is 1.17 bits per heavy atom. The summed E-state index contributed by atoms with van der Waals surface area (Å²) >= 11 is 0. The van der Waals surface area contributed by atoms with Crippen LogP contribution in [0.4, 0.5) is 23.2 Å². The summed E-state index contributed by atoms with van der Waals surface area (Å²) < 4.78 is 51.5. The van der Waals surface area contributed by atoms with Crippen molar-refractivity contribution in [2.24, 2.45) is 0 Å². The first-order valence-corrected chi connectivity index (χ1v) is 6.18.